The molecule has 1 amide bonds. The zero-order valence-corrected chi connectivity index (χ0v) is 15.4. The van der Waals surface area contributed by atoms with Crippen molar-refractivity contribution in [2.75, 3.05) is 6.54 Å². The molecule has 1 fully saturated rings. The van der Waals surface area contributed by atoms with Crippen LogP contribution in [0.5, 0.6) is 0 Å². The summed E-state index contributed by atoms with van der Waals surface area (Å²) in [5.41, 5.74) is 1.69. The van der Waals surface area contributed by atoms with Crippen LogP contribution in [0.4, 0.5) is 4.39 Å². The van der Waals surface area contributed by atoms with Crippen LogP contribution in [0.2, 0.25) is 5.02 Å². The highest BCUT2D eigenvalue weighted by molar-refractivity contribution is 6.31. The summed E-state index contributed by atoms with van der Waals surface area (Å²) in [4.78, 5) is 18.9. The number of hydrogen-bond donors (Lipinski definition) is 0. The van der Waals surface area contributed by atoms with Gasteiger partial charge in [0.1, 0.15) is 11.9 Å². The van der Waals surface area contributed by atoms with Gasteiger partial charge in [-0.3, -0.25) is 4.79 Å². The summed E-state index contributed by atoms with van der Waals surface area (Å²) in [6, 6.07) is 11.1. The van der Waals surface area contributed by atoms with Gasteiger partial charge < -0.3 is 9.42 Å². The maximum absolute atomic E-state index is 14.0. The summed E-state index contributed by atoms with van der Waals surface area (Å²) >= 11 is 6.17. The number of carbonyl (C=O) groups excluding carboxylic acids is 1. The Morgan fingerprint density at radius 2 is 2.07 bits per heavy atom. The SMILES string of the molecule is Cc1c(Cl)cccc1-c1noc(C2CCCN2C(=O)c2ccccc2F)n1. The zero-order chi connectivity index (χ0) is 19.0. The van der Waals surface area contributed by atoms with Gasteiger partial charge in [-0.05, 0) is 43.5 Å². The van der Waals surface area contributed by atoms with Crippen LogP contribution in [0, 0.1) is 12.7 Å². The van der Waals surface area contributed by atoms with Crippen molar-refractivity contribution in [3.63, 3.8) is 0 Å². The number of benzene rings is 2. The smallest absolute Gasteiger partial charge is 0.257 e. The van der Waals surface area contributed by atoms with Crippen LogP contribution in [0.25, 0.3) is 11.4 Å². The Bertz CT molecular complexity index is 1000. The second kappa shape index (κ2) is 7.12. The molecule has 1 unspecified atom stereocenters. The number of hydrogen-bond acceptors (Lipinski definition) is 4. The van der Waals surface area contributed by atoms with Crippen molar-refractivity contribution < 1.29 is 13.7 Å². The van der Waals surface area contributed by atoms with Crippen molar-refractivity contribution in [1.82, 2.24) is 15.0 Å². The van der Waals surface area contributed by atoms with Gasteiger partial charge >= 0.3 is 0 Å². The van der Waals surface area contributed by atoms with Gasteiger partial charge in [0.2, 0.25) is 11.7 Å². The third-order valence-electron chi connectivity index (χ3n) is 4.85. The van der Waals surface area contributed by atoms with Gasteiger partial charge in [-0.25, -0.2) is 4.39 Å². The van der Waals surface area contributed by atoms with Gasteiger partial charge in [-0.15, -0.1) is 0 Å². The molecule has 7 heteroatoms. The van der Waals surface area contributed by atoms with Crippen molar-refractivity contribution in [3.8, 4) is 11.4 Å². The molecule has 2 heterocycles. The molecule has 0 saturated carbocycles. The van der Waals surface area contributed by atoms with Crippen molar-refractivity contribution in [3.05, 3.63) is 70.3 Å². The molecule has 0 radical (unpaired) electrons. The summed E-state index contributed by atoms with van der Waals surface area (Å²) in [6.07, 6.45) is 1.48. The largest absolute Gasteiger partial charge is 0.337 e. The average Bonchev–Trinajstić information content (AvgIpc) is 3.33. The number of likely N-dealkylation sites (tertiary alicyclic amines) is 1. The first kappa shape index (κ1) is 17.7. The molecule has 2 aromatic carbocycles. The molecule has 1 atom stereocenters. The van der Waals surface area contributed by atoms with Crippen LogP contribution in [-0.4, -0.2) is 27.5 Å². The fraction of sp³-hybridized carbons (Fsp3) is 0.250. The minimum absolute atomic E-state index is 0.0508. The lowest BCUT2D eigenvalue weighted by Gasteiger charge is -2.22. The lowest BCUT2D eigenvalue weighted by Crippen LogP contribution is -2.31. The second-order valence-corrected chi connectivity index (χ2v) is 6.91. The number of amides is 1. The van der Waals surface area contributed by atoms with Crippen LogP contribution in [0.15, 0.2) is 47.0 Å². The highest BCUT2D eigenvalue weighted by atomic mass is 35.5. The predicted octanol–water partition coefficient (Wildman–Crippen LogP) is 4.81. The monoisotopic (exact) mass is 385 g/mol. The van der Waals surface area contributed by atoms with Crippen molar-refractivity contribution in [2.24, 2.45) is 0 Å². The van der Waals surface area contributed by atoms with Crippen molar-refractivity contribution >= 4 is 17.5 Å². The molecule has 3 aromatic rings. The van der Waals surface area contributed by atoms with Crippen molar-refractivity contribution in [2.45, 2.75) is 25.8 Å². The Kier molecular flexibility index (Phi) is 4.66. The van der Waals surface area contributed by atoms with E-state index in [9.17, 15) is 9.18 Å². The summed E-state index contributed by atoms with van der Waals surface area (Å²) in [6.45, 7) is 2.41. The zero-order valence-electron chi connectivity index (χ0n) is 14.7. The quantitative estimate of drug-likeness (QED) is 0.648. The van der Waals surface area contributed by atoms with E-state index in [1.54, 1.807) is 23.1 Å². The number of aromatic nitrogens is 2. The Balaban J connectivity index is 1.64. The molecule has 138 valence electrons. The van der Waals surface area contributed by atoms with E-state index >= 15 is 0 Å². The molecular formula is C20H17ClFN3O2. The first-order valence-electron chi connectivity index (χ1n) is 8.71. The minimum atomic E-state index is -0.533. The average molecular weight is 386 g/mol. The first-order chi connectivity index (χ1) is 13.1. The lowest BCUT2D eigenvalue weighted by molar-refractivity contribution is 0.0705. The third-order valence-corrected chi connectivity index (χ3v) is 5.26. The number of nitrogens with zero attached hydrogens (tertiary/aromatic N) is 3. The minimum Gasteiger partial charge on any atom is -0.337 e. The van der Waals surface area contributed by atoms with E-state index in [1.165, 1.54) is 12.1 Å². The molecule has 1 aromatic heterocycles. The fourth-order valence-electron chi connectivity index (χ4n) is 3.39. The molecule has 27 heavy (non-hydrogen) atoms. The van der Waals surface area contributed by atoms with E-state index in [0.29, 0.717) is 29.7 Å². The molecular weight excluding hydrogens is 369 g/mol. The molecule has 5 nitrogen and oxygen atoms in total. The van der Waals surface area contributed by atoms with Crippen LogP contribution < -0.4 is 0 Å². The van der Waals surface area contributed by atoms with E-state index in [1.807, 2.05) is 19.1 Å². The fourth-order valence-corrected chi connectivity index (χ4v) is 3.56. The molecule has 0 spiro atoms. The normalized spacial score (nSPS) is 16.7. The standard InChI is InChI=1S/C20H17ClFN3O2/c1-12-13(7-4-8-15(12)21)18-23-19(27-24-18)17-10-5-11-25(17)20(26)14-6-2-3-9-16(14)22/h2-4,6-9,17H,5,10-11H2,1H3. The topological polar surface area (TPSA) is 59.2 Å². The third kappa shape index (κ3) is 3.21. The number of halogens is 2. The first-order valence-corrected chi connectivity index (χ1v) is 9.08. The van der Waals surface area contributed by atoms with Crippen LogP contribution in [-0.2, 0) is 0 Å². The number of rotatable bonds is 3. The Labute approximate surface area is 160 Å². The van der Waals surface area contributed by atoms with Crippen molar-refractivity contribution in [1.29, 1.82) is 0 Å². The van der Waals surface area contributed by atoms with Gasteiger partial charge in [-0.1, -0.05) is 41.0 Å². The summed E-state index contributed by atoms with van der Waals surface area (Å²) < 4.78 is 19.5. The number of carbonyl (C=O) groups is 1. The molecule has 1 aliphatic heterocycles. The van der Waals surface area contributed by atoms with Gasteiger partial charge in [0.05, 0.1) is 5.56 Å². The van der Waals surface area contributed by atoms with Crippen LogP contribution >= 0.6 is 11.6 Å². The Morgan fingerprint density at radius 3 is 2.89 bits per heavy atom. The van der Waals surface area contributed by atoms with E-state index < -0.39 is 5.82 Å². The molecule has 0 N–H and O–H groups in total. The lowest BCUT2D eigenvalue weighted by atomic mass is 10.1. The summed E-state index contributed by atoms with van der Waals surface area (Å²) in [7, 11) is 0. The molecule has 1 saturated heterocycles. The molecule has 4 rings (SSSR count). The maximum atomic E-state index is 14.0. The molecule has 1 aliphatic rings. The van der Waals surface area contributed by atoms with E-state index in [4.69, 9.17) is 16.1 Å². The predicted molar refractivity (Wildman–Crippen MR) is 98.9 cm³/mol. The Hall–Kier alpha value is -2.73. The van der Waals surface area contributed by atoms with E-state index in [0.717, 1.165) is 17.5 Å². The highest BCUT2D eigenvalue weighted by Crippen LogP contribution is 2.34. The molecule has 0 aliphatic carbocycles. The van der Waals surface area contributed by atoms with Crippen LogP contribution in [0.3, 0.4) is 0 Å². The summed E-state index contributed by atoms with van der Waals surface area (Å²) in [5.74, 6) is -0.120. The maximum Gasteiger partial charge on any atom is 0.257 e. The van der Waals surface area contributed by atoms with Gasteiger partial charge in [-0.2, -0.15) is 4.98 Å². The van der Waals surface area contributed by atoms with Crippen LogP contribution in [0.1, 0.15) is 40.7 Å². The molecule has 0 bridgehead atoms. The Morgan fingerprint density at radius 1 is 1.26 bits per heavy atom. The van der Waals surface area contributed by atoms with E-state index in [-0.39, 0.29) is 17.5 Å². The highest BCUT2D eigenvalue weighted by Gasteiger charge is 2.35. The van der Waals surface area contributed by atoms with Gasteiger partial charge in [0, 0.05) is 17.1 Å². The van der Waals surface area contributed by atoms with Gasteiger partial charge in [0.25, 0.3) is 5.91 Å². The second-order valence-electron chi connectivity index (χ2n) is 6.51. The van der Waals surface area contributed by atoms with Gasteiger partial charge in [0.15, 0.2) is 0 Å². The summed E-state index contributed by atoms with van der Waals surface area (Å²) in [5, 5.41) is 4.68. The van der Waals surface area contributed by atoms with E-state index in [2.05, 4.69) is 10.1 Å².